The number of halogens is 1. The largest absolute Gasteiger partial charge is 0.353 e. The maximum absolute atomic E-state index is 14.0. The molecule has 1 unspecified atom stereocenters. The third kappa shape index (κ3) is 2.93. The minimum atomic E-state index is -0.175. The molecule has 1 aromatic heterocycles. The Morgan fingerprint density at radius 1 is 1.38 bits per heavy atom. The quantitative estimate of drug-likeness (QED) is 0.919. The van der Waals surface area contributed by atoms with Crippen molar-refractivity contribution in [3.63, 3.8) is 0 Å². The van der Waals surface area contributed by atoms with Gasteiger partial charge in [0.15, 0.2) is 0 Å². The molecule has 0 aliphatic heterocycles. The van der Waals surface area contributed by atoms with E-state index in [9.17, 15) is 4.39 Å². The highest BCUT2D eigenvalue weighted by molar-refractivity contribution is 5.51. The number of nitrogens with one attached hydrogen (secondary N) is 1. The standard InChI is InChI=1S/C16H23FN4/c1-11-14(10-18-3)16(21(5)19-11)20(4)12(2)13-8-6-7-9-15(13)17/h6-9,12,18H,10H2,1-5H3. The van der Waals surface area contributed by atoms with E-state index in [2.05, 4.69) is 15.3 Å². The van der Waals surface area contributed by atoms with Gasteiger partial charge in [-0.3, -0.25) is 4.68 Å². The third-order valence-electron chi connectivity index (χ3n) is 3.94. The fourth-order valence-corrected chi connectivity index (χ4v) is 2.72. The fraction of sp³-hybridized carbons (Fsp3) is 0.438. The average Bonchev–Trinajstić information content (AvgIpc) is 2.73. The summed E-state index contributed by atoms with van der Waals surface area (Å²) in [5.41, 5.74) is 2.83. The lowest BCUT2D eigenvalue weighted by molar-refractivity contribution is 0.578. The zero-order valence-electron chi connectivity index (χ0n) is 13.3. The highest BCUT2D eigenvalue weighted by Crippen LogP contribution is 2.30. The first-order valence-electron chi connectivity index (χ1n) is 7.11. The minimum Gasteiger partial charge on any atom is -0.353 e. The van der Waals surface area contributed by atoms with Gasteiger partial charge in [-0.05, 0) is 27.0 Å². The molecular weight excluding hydrogens is 267 g/mol. The van der Waals surface area contributed by atoms with Gasteiger partial charge in [0.05, 0.1) is 11.7 Å². The summed E-state index contributed by atoms with van der Waals surface area (Å²) < 4.78 is 15.9. The first-order valence-corrected chi connectivity index (χ1v) is 7.11. The number of aryl methyl sites for hydroxylation is 2. The number of benzene rings is 1. The number of rotatable bonds is 5. The van der Waals surface area contributed by atoms with Gasteiger partial charge in [-0.15, -0.1) is 0 Å². The number of nitrogens with zero attached hydrogens (tertiary/aromatic N) is 3. The second-order valence-corrected chi connectivity index (χ2v) is 5.35. The van der Waals surface area contributed by atoms with Gasteiger partial charge < -0.3 is 10.2 Å². The van der Waals surface area contributed by atoms with Crippen LogP contribution in [-0.4, -0.2) is 23.9 Å². The summed E-state index contributed by atoms with van der Waals surface area (Å²) in [6.07, 6.45) is 0. The van der Waals surface area contributed by atoms with Crippen molar-refractivity contribution in [1.82, 2.24) is 15.1 Å². The monoisotopic (exact) mass is 290 g/mol. The summed E-state index contributed by atoms with van der Waals surface area (Å²) in [5.74, 6) is 0.837. The first kappa shape index (κ1) is 15.5. The Morgan fingerprint density at radius 2 is 2.05 bits per heavy atom. The Labute approximate surface area is 125 Å². The van der Waals surface area contributed by atoms with Crippen molar-refractivity contribution in [2.24, 2.45) is 7.05 Å². The van der Waals surface area contributed by atoms with E-state index in [4.69, 9.17) is 0 Å². The maximum atomic E-state index is 14.0. The van der Waals surface area contributed by atoms with E-state index >= 15 is 0 Å². The zero-order chi connectivity index (χ0) is 15.6. The topological polar surface area (TPSA) is 33.1 Å². The van der Waals surface area contributed by atoms with E-state index in [0.29, 0.717) is 5.56 Å². The average molecular weight is 290 g/mol. The summed E-state index contributed by atoms with van der Waals surface area (Å²) in [6, 6.07) is 6.84. The molecule has 2 aromatic rings. The van der Waals surface area contributed by atoms with Crippen LogP contribution in [0.25, 0.3) is 0 Å². The van der Waals surface area contributed by atoms with Crippen molar-refractivity contribution < 1.29 is 4.39 Å². The van der Waals surface area contributed by atoms with E-state index < -0.39 is 0 Å². The van der Waals surface area contributed by atoms with Gasteiger partial charge in [-0.25, -0.2) is 4.39 Å². The SMILES string of the molecule is CNCc1c(C)nn(C)c1N(C)C(C)c1ccccc1F. The summed E-state index contributed by atoms with van der Waals surface area (Å²) in [5, 5.41) is 7.66. The smallest absolute Gasteiger partial charge is 0.131 e. The van der Waals surface area contributed by atoms with Crippen molar-refractivity contribution in [2.75, 3.05) is 19.0 Å². The maximum Gasteiger partial charge on any atom is 0.131 e. The van der Waals surface area contributed by atoms with Crippen LogP contribution in [0.3, 0.4) is 0 Å². The van der Waals surface area contributed by atoms with Gasteiger partial charge in [-0.1, -0.05) is 18.2 Å². The van der Waals surface area contributed by atoms with Crippen molar-refractivity contribution >= 4 is 5.82 Å². The molecule has 0 saturated heterocycles. The number of aromatic nitrogens is 2. The summed E-state index contributed by atoms with van der Waals surface area (Å²) in [4.78, 5) is 2.07. The molecule has 2 rings (SSSR count). The molecule has 4 nitrogen and oxygen atoms in total. The summed E-state index contributed by atoms with van der Waals surface area (Å²) >= 11 is 0. The fourth-order valence-electron chi connectivity index (χ4n) is 2.72. The van der Waals surface area contributed by atoms with Crippen LogP contribution in [0, 0.1) is 12.7 Å². The predicted octanol–water partition coefficient (Wildman–Crippen LogP) is 2.78. The lowest BCUT2D eigenvalue weighted by Crippen LogP contribution is -2.26. The van der Waals surface area contributed by atoms with Gasteiger partial charge in [0, 0.05) is 31.8 Å². The number of anilines is 1. The second kappa shape index (κ2) is 6.26. The van der Waals surface area contributed by atoms with Crippen LogP contribution >= 0.6 is 0 Å². The normalized spacial score (nSPS) is 12.5. The molecule has 0 aliphatic rings. The van der Waals surface area contributed by atoms with Gasteiger partial charge >= 0.3 is 0 Å². The third-order valence-corrected chi connectivity index (χ3v) is 3.94. The van der Waals surface area contributed by atoms with Crippen LogP contribution in [0.4, 0.5) is 10.2 Å². The van der Waals surface area contributed by atoms with Gasteiger partial charge in [0.1, 0.15) is 11.6 Å². The molecule has 0 radical (unpaired) electrons. The molecule has 0 saturated carbocycles. The van der Waals surface area contributed by atoms with Gasteiger partial charge in [0.2, 0.25) is 0 Å². The molecule has 1 heterocycles. The summed E-state index contributed by atoms with van der Waals surface area (Å²) in [7, 11) is 5.81. The zero-order valence-corrected chi connectivity index (χ0v) is 13.3. The molecule has 0 amide bonds. The Morgan fingerprint density at radius 3 is 2.67 bits per heavy atom. The van der Waals surface area contributed by atoms with Gasteiger partial charge in [-0.2, -0.15) is 5.10 Å². The lowest BCUT2D eigenvalue weighted by Gasteiger charge is -2.28. The molecule has 1 atom stereocenters. The molecule has 0 fully saturated rings. The van der Waals surface area contributed by atoms with E-state index in [1.54, 1.807) is 6.07 Å². The molecule has 5 heteroatoms. The minimum absolute atomic E-state index is 0.0726. The molecule has 0 bridgehead atoms. The van der Waals surface area contributed by atoms with E-state index in [1.165, 1.54) is 6.07 Å². The highest BCUT2D eigenvalue weighted by Gasteiger charge is 2.22. The number of hydrogen-bond donors (Lipinski definition) is 1. The molecule has 0 aliphatic carbocycles. The second-order valence-electron chi connectivity index (χ2n) is 5.35. The molecule has 1 aromatic carbocycles. The Hall–Kier alpha value is -1.88. The van der Waals surface area contributed by atoms with Crippen LogP contribution in [-0.2, 0) is 13.6 Å². The molecule has 1 N–H and O–H groups in total. The van der Waals surface area contributed by atoms with Crippen LogP contribution in [0.1, 0.15) is 29.8 Å². The lowest BCUT2D eigenvalue weighted by atomic mass is 10.1. The predicted molar refractivity (Wildman–Crippen MR) is 83.9 cm³/mol. The van der Waals surface area contributed by atoms with Crippen molar-refractivity contribution in [2.45, 2.75) is 26.4 Å². The van der Waals surface area contributed by atoms with E-state index in [1.807, 2.05) is 51.8 Å². The number of hydrogen-bond acceptors (Lipinski definition) is 3. The Bertz CT molecular complexity index is 621. The van der Waals surface area contributed by atoms with Crippen LogP contribution in [0.2, 0.25) is 0 Å². The van der Waals surface area contributed by atoms with Crippen molar-refractivity contribution in [3.05, 3.63) is 46.9 Å². The van der Waals surface area contributed by atoms with Crippen LogP contribution in [0.15, 0.2) is 24.3 Å². The van der Waals surface area contributed by atoms with E-state index in [0.717, 1.165) is 23.6 Å². The van der Waals surface area contributed by atoms with Crippen LogP contribution < -0.4 is 10.2 Å². The van der Waals surface area contributed by atoms with Crippen molar-refractivity contribution in [1.29, 1.82) is 0 Å². The van der Waals surface area contributed by atoms with Crippen molar-refractivity contribution in [3.8, 4) is 0 Å². The molecule has 114 valence electrons. The molecule has 0 spiro atoms. The van der Waals surface area contributed by atoms with Crippen LogP contribution in [0.5, 0.6) is 0 Å². The highest BCUT2D eigenvalue weighted by atomic mass is 19.1. The van der Waals surface area contributed by atoms with Gasteiger partial charge in [0.25, 0.3) is 0 Å². The summed E-state index contributed by atoms with van der Waals surface area (Å²) in [6.45, 7) is 4.74. The Balaban J connectivity index is 2.40. The van der Waals surface area contributed by atoms with E-state index in [-0.39, 0.29) is 11.9 Å². The Kier molecular flexibility index (Phi) is 4.63. The molecule has 21 heavy (non-hydrogen) atoms. The molecular formula is C16H23FN4. The first-order chi connectivity index (χ1) is 9.97.